The first-order chi connectivity index (χ1) is 16.5. The van der Waals surface area contributed by atoms with Gasteiger partial charge in [0, 0.05) is 18.3 Å². The van der Waals surface area contributed by atoms with Gasteiger partial charge in [-0.25, -0.2) is 14.6 Å². The second-order valence-electron chi connectivity index (χ2n) is 8.91. The van der Waals surface area contributed by atoms with Gasteiger partial charge in [-0.2, -0.15) is 0 Å². The lowest BCUT2D eigenvalue weighted by Crippen LogP contribution is -2.43. The van der Waals surface area contributed by atoms with E-state index in [1.165, 1.54) is 27.5 Å². The lowest BCUT2D eigenvalue weighted by molar-refractivity contribution is 0.0526. The Balaban J connectivity index is 1.74. The third kappa shape index (κ3) is 4.95. The Bertz CT molecular complexity index is 1160. The molecule has 0 unspecified atom stereocenters. The number of esters is 1. The summed E-state index contributed by atoms with van der Waals surface area (Å²) in [7, 11) is 0. The molecule has 1 N–H and O–H groups in total. The Labute approximate surface area is 197 Å². The Morgan fingerprint density at radius 1 is 1.00 bits per heavy atom. The monoisotopic (exact) mass is 469 g/mol. The smallest absolute Gasteiger partial charge is 0.339 e. The molecular formula is C24H31N5O5. The quantitative estimate of drug-likeness (QED) is 0.482. The summed E-state index contributed by atoms with van der Waals surface area (Å²) in [5.41, 5.74) is -1.08. The van der Waals surface area contributed by atoms with E-state index in [4.69, 9.17) is 4.74 Å². The fourth-order valence-electron chi connectivity index (χ4n) is 4.92. The Morgan fingerprint density at radius 3 is 2.18 bits per heavy atom. The summed E-state index contributed by atoms with van der Waals surface area (Å²) in [5, 5.41) is 19.1. The molecule has 182 valence electrons. The van der Waals surface area contributed by atoms with Crippen molar-refractivity contribution in [3.8, 4) is 5.88 Å². The molecular weight excluding hydrogens is 438 g/mol. The van der Waals surface area contributed by atoms with Gasteiger partial charge in [-0.15, -0.1) is 10.2 Å². The lowest BCUT2D eigenvalue weighted by atomic mass is 9.94. The number of hydrogen-bond acceptors (Lipinski definition) is 8. The van der Waals surface area contributed by atoms with Crippen molar-refractivity contribution in [3.63, 3.8) is 0 Å². The minimum absolute atomic E-state index is 0.159. The van der Waals surface area contributed by atoms with E-state index < -0.39 is 23.1 Å². The molecule has 2 aliphatic rings. The van der Waals surface area contributed by atoms with Gasteiger partial charge in [0.2, 0.25) is 11.6 Å². The molecule has 2 aromatic rings. The minimum atomic E-state index is -0.631. The molecule has 10 heteroatoms. The van der Waals surface area contributed by atoms with Crippen LogP contribution in [0.5, 0.6) is 5.88 Å². The summed E-state index contributed by atoms with van der Waals surface area (Å²) >= 11 is 0. The summed E-state index contributed by atoms with van der Waals surface area (Å²) in [6.07, 6.45) is 10.4. The van der Waals surface area contributed by atoms with E-state index in [1.54, 1.807) is 6.92 Å². The molecule has 0 aromatic carbocycles. The van der Waals surface area contributed by atoms with Crippen LogP contribution in [0.4, 0.5) is 11.5 Å². The fourth-order valence-corrected chi connectivity index (χ4v) is 4.92. The van der Waals surface area contributed by atoms with Crippen molar-refractivity contribution in [2.24, 2.45) is 10.2 Å². The Hall–Kier alpha value is -3.30. The minimum Gasteiger partial charge on any atom is -0.493 e. The molecule has 0 atom stereocenters. The second kappa shape index (κ2) is 10.8. The van der Waals surface area contributed by atoms with Crippen molar-refractivity contribution < 1.29 is 14.6 Å². The zero-order valence-corrected chi connectivity index (χ0v) is 19.5. The van der Waals surface area contributed by atoms with Crippen molar-refractivity contribution in [2.75, 3.05) is 6.61 Å². The van der Waals surface area contributed by atoms with Crippen LogP contribution in [-0.2, 0) is 4.74 Å². The number of aromatic nitrogens is 3. The number of rotatable bonds is 6. The van der Waals surface area contributed by atoms with Crippen LogP contribution in [0, 0.1) is 0 Å². The van der Waals surface area contributed by atoms with E-state index in [0.29, 0.717) is 0 Å². The van der Waals surface area contributed by atoms with Crippen molar-refractivity contribution in [3.05, 3.63) is 44.7 Å². The van der Waals surface area contributed by atoms with Crippen LogP contribution in [0.25, 0.3) is 0 Å². The average molecular weight is 470 g/mol. The van der Waals surface area contributed by atoms with E-state index >= 15 is 0 Å². The summed E-state index contributed by atoms with van der Waals surface area (Å²) in [6, 6.07) is 2.60. The summed E-state index contributed by atoms with van der Waals surface area (Å²) in [6.45, 7) is 1.97. The maximum atomic E-state index is 13.4. The third-order valence-electron chi connectivity index (χ3n) is 6.66. The molecule has 2 heterocycles. The summed E-state index contributed by atoms with van der Waals surface area (Å²) in [4.78, 5) is 42.6. The first kappa shape index (κ1) is 23.8. The first-order valence-electron chi connectivity index (χ1n) is 12.2. The lowest BCUT2D eigenvalue weighted by Gasteiger charge is -2.28. The summed E-state index contributed by atoms with van der Waals surface area (Å²) in [5.74, 6) is -0.779. The summed E-state index contributed by atoms with van der Waals surface area (Å²) < 4.78 is 7.56. The van der Waals surface area contributed by atoms with Gasteiger partial charge in [-0.3, -0.25) is 13.9 Å². The molecule has 0 saturated heterocycles. The molecule has 2 aromatic heterocycles. The van der Waals surface area contributed by atoms with Gasteiger partial charge >= 0.3 is 11.7 Å². The van der Waals surface area contributed by atoms with Gasteiger partial charge in [-0.05, 0) is 44.7 Å². The third-order valence-corrected chi connectivity index (χ3v) is 6.66. The molecule has 10 nitrogen and oxygen atoms in total. The SMILES string of the molecule is CCOC(=O)c1ccc(N=Nc2c(O)n(C3CCCCC3)c(=O)n(C3CCCCC3)c2=O)nc1. The van der Waals surface area contributed by atoms with Gasteiger partial charge in [0.1, 0.15) is 0 Å². The molecule has 0 aliphatic heterocycles. The van der Waals surface area contributed by atoms with Gasteiger partial charge in [0.15, 0.2) is 5.82 Å². The van der Waals surface area contributed by atoms with E-state index in [2.05, 4.69) is 15.2 Å². The molecule has 2 saturated carbocycles. The van der Waals surface area contributed by atoms with Crippen molar-refractivity contribution in [2.45, 2.75) is 83.2 Å². The highest BCUT2D eigenvalue weighted by Crippen LogP contribution is 2.34. The van der Waals surface area contributed by atoms with Crippen LogP contribution in [0.3, 0.4) is 0 Å². The van der Waals surface area contributed by atoms with Crippen LogP contribution in [0.1, 0.15) is 93.6 Å². The van der Waals surface area contributed by atoms with E-state index in [-0.39, 0.29) is 35.8 Å². The van der Waals surface area contributed by atoms with Crippen LogP contribution < -0.4 is 11.2 Å². The largest absolute Gasteiger partial charge is 0.493 e. The number of ether oxygens (including phenoxy) is 1. The van der Waals surface area contributed by atoms with E-state index in [0.717, 1.165) is 64.2 Å². The zero-order chi connectivity index (χ0) is 24.1. The molecule has 2 aliphatic carbocycles. The van der Waals surface area contributed by atoms with Gasteiger partial charge in [-0.1, -0.05) is 38.5 Å². The molecule has 0 amide bonds. The average Bonchev–Trinajstić information content (AvgIpc) is 2.86. The van der Waals surface area contributed by atoms with Gasteiger partial charge in [0.05, 0.1) is 12.2 Å². The van der Waals surface area contributed by atoms with Crippen LogP contribution >= 0.6 is 0 Å². The molecule has 34 heavy (non-hydrogen) atoms. The number of nitrogens with zero attached hydrogens (tertiary/aromatic N) is 5. The predicted molar refractivity (Wildman–Crippen MR) is 125 cm³/mol. The van der Waals surface area contributed by atoms with Crippen molar-refractivity contribution in [1.82, 2.24) is 14.1 Å². The van der Waals surface area contributed by atoms with Crippen molar-refractivity contribution in [1.29, 1.82) is 0 Å². The maximum Gasteiger partial charge on any atom is 0.339 e. The standard InChI is InChI=1S/C24H31N5O5/c1-2-34-23(32)16-13-14-19(25-15-16)26-27-20-21(30)28(17-9-5-3-6-10-17)24(33)29(22(20)31)18-11-7-4-8-12-18/h13-15,17-18,30H,2-12H2,1H3. The fraction of sp³-hybridized carbons (Fsp3) is 0.583. The highest BCUT2D eigenvalue weighted by molar-refractivity contribution is 5.89. The molecule has 2 fully saturated rings. The van der Waals surface area contributed by atoms with E-state index in [9.17, 15) is 19.5 Å². The highest BCUT2D eigenvalue weighted by atomic mass is 16.5. The Morgan fingerprint density at radius 2 is 1.62 bits per heavy atom. The number of carbonyl (C=O) groups is 1. The number of aromatic hydroxyl groups is 1. The zero-order valence-electron chi connectivity index (χ0n) is 19.5. The van der Waals surface area contributed by atoms with Gasteiger partial charge in [0.25, 0.3) is 5.56 Å². The van der Waals surface area contributed by atoms with E-state index in [1.807, 2.05) is 0 Å². The topological polar surface area (TPSA) is 128 Å². The number of hydrogen-bond donors (Lipinski definition) is 1. The molecule has 0 spiro atoms. The second-order valence-corrected chi connectivity index (χ2v) is 8.91. The molecule has 4 rings (SSSR count). The first-order valence-corrected chi connectivity index (χ1v) is 12.2. The number of carbonyl (C=O) groups excluding carboxylic acids is 1. The highest BCUT2D eigenvalue weighted by Gasteiger charge is 2.29. The number of pyridine rings is 1. The normalized spacial score (nSPS) is 17.8. The molecule has 0 bridgehead atoms. The van der Waals surface area contributed by atoms with Crippen LogP contribution in [0.15, 0.2) is 38.1 Å². The van der Waals surface area contributed by atoms with Crippen LogP contribution in [0.2, 0.25) is 0 Å². The number of azo groups is 1. The predicted octanol–water partition coefficient (Wildman–Crippen LogP) is 4.71. The van der Waals surface area contributed by atoms with Crippen LogP contribution in [-0.4, -0.2) is 31.8 Å². The van der Waals surface area contributed by atoms with Crippen molar-refractivity contribution >= 4 is 17.5 Å². The molecule has 0 radical (unpaired) electrons. The maximum absolute atomic E-state index is 13.4. The van der Waals surface area contributed by atoms with Gasteiger partial charge < -0.3 is 9.84 Å². The Kier molecular flexibility index (Phi) is 7.54.